The van der Waals surface area contributed by atoms with E-state index in [4.69, 9.17) is 4.98 Å². The van der Waals surface area contributed by atoms with Crippen molar-refractivity contribution in [1.82, 2.24) is 14.8 Å². The first-order valence-corrected chi connectivity index (χ1v) is 12.4. The number of aromatic nitrogens is 1. The minimum Gasteiger partial charge on any atom is -0.384 e. The zero-order valence-corrected chi connectivity index (χ0v) is 20.0. The second kappa shape index (κ2) is 11.3. The first kappa shape index (κ1) is 23.2. The summed E-state index contributed by atoms with van der Waals surface area (Å²) in [5.41, 5.74) is 4.77. The topological polar surface area (TPSA) is 48.5 Å². The van der Waals surface area contributed by atoms with E-state index in [1.807, 2.05) is 49.1 Å². The summed E-state index contributed by atoms with van der Waals surface area (Å²) in [6, 6.07) is 18.3. The molecule has 5 nitrogen and oxygen atoms in total. The third-order valence-corrected chi connectivity index (χ3v) is 6.61. The first-order valence-electron chi connectivity index (χ1n) is 12.4. The Morgan fingerprint density at radius 3 is 2.45 bits per heavy atom. The molecule has 1 N–H and O–H groups in total. The lowest BCUT2D eigenvalue weighted by atomic mass is 10.1. The van der Waals surface area contributed by atoms with Crippen LogP contribution in [0.3, 0.4) is 0 Å². The van der Waals surface area contributed by atoms with Crippen LogP contribution in [-0.4, -0.2) is 60.0 Å². The van der Waals surface area contributed by atoms with Gasteiger partial charge in [-0.3, -0.25) is 4.79 Å². The fourth-order valence-corrected chi connectivity index (χ4v) is 4.66. The minimum atomic E-state index is 0.0779. The normalized spacial score (nSPS) is 14.4. The summed E-state index contributed by atoms with van der Waals surface area (Å²) in [7, 11) is 0. The molecule has 174 valence electrons. The molecule has 0 radical (unpaired) electrons. The number of fused-ring (bicyclic) bond motifs is 1. The van der Waals surface area contributed by atoms with E-state index in [9.17, 15) is 4.79 Å². The molecule has 0 atom stereocenters. The first-order chi connectivity index (χ1) is 16.2. The summed E-state index contributed by atoms with van der Waals surface area (Å²) < 4.78 is 0. The third kappa shape index (κ3) is 5.72. The van der Waals surface area contributed by atoms with Crippen molar-refractivity contribution in [2.45, 2.75) is 39.5 Å². The number of likely N-dealkylation sites (tertiary alicyclic amines) is 1. The summed E-state index contributed by atoms with van der Waals surface area (Å²) in [4.78, 5) is 22.0. The van der Waals surface area contributed by atoms with E-state index in [0.717, 1.165) is 66.0 Å². The fraction of sp³-hybridized carbons (Fsp3) is 0.429. The number of carbonyl (C=O) groups excluding carboxylic acids is 1. The zero-order valence-electron chi connectivity index (χ0n) is 20.0. The van der Waals surface area contributed by atoms with Gasteiger partial charge in [0, 0.05) is 41.8 Å². The lowest BCUT2D eigenvalue weighted by Crippen LogP contribution is -2.31. The van der Waals surface area contributed by atoms with Gasteiger partial charge in [0.15, 0.2) is 0 Å². The molecule has 1 aromatic heterocycles. The van der Waals surface area contributed by atoms with Crippen LogP contribution in [0.5, 0.6) is 0 Å². The van der Waals surface area contributed by atoms with Gasteiger partial charge in [-0.2, -0.15) is 0 Å². The van der Waals surface area contributed by atoms with Gasteiger partial charge < -0.3 is 15.1 Å². The number of anilines is 1. The standard InChI is InChI=1S/C28H36N4O/c1-3-32(4-2)28(33)23-15-13-22(14-16-23)26-21-27(24-11-6-7-12-25(24)30-26)29-17-10-20-31-18-8-5-9-19-31/h6-7,11-16,21H,3-5,8-10,17-20H2,1-2H3,(H,29,30). The van der Waals surface area contributed by atoms with Crippen LogP contribution in [0, 0.1) is 0 Å². The highest BCUT2D eigenvalue weighted by atomic mass is 16.2. The van der Waals surface area contributed by atoms with Crippen LogP contribution in [0.15, 0.2) is 54.6 Å². The van der Waals surface area contributed by atoms with E-state index < -0.39 is 0 Å². The zero-order chi connectivity index (χ0) is 23.0. The SMILES string of the molecule is CCN(CC)C(=O)c1ccc(-c2cc(NCCCN3CCCCC3)c3ccccc3n2)cc1. The second-order valence-electron chi connectivity index (χ2n) is 8.81. The molecule has 0 aliphatic carbocycles. The number of pyridine rings is 1. The Hall–Kier alpha value is -2.92. The van der Waals surface area contributed by atoms with E-state index in [2.05, 4.69) is 34.5 Å². The highest BCUT2D eigenvalue weighted by Gasteiger charge is 2.14. The van der Waals surface area contributed by atoms with Crippen molar-refractivity contribution in [1.29, 1.82) is 0 Å². The van der Waals surface area contributed by atoms with Gasteiger partial charge in [0.1, 0.15) is 0 Å². The molecule has 1 fully saturated rings. The van der Waals surface area contributed by atoms with E-state index in [-0.39, 0.29) is 5.91 Å². The highest BCUT2D eigenvalue weighted by Crippen LogP contribution is 2.28. The number of hydrogen-bond acceptors (Lipinski definition) is 4. The predicted molar refractivity (Wildman–Crippen MR) is 138 cm³/mol. The number of hydrogen-bond donors (Lipinski definition) is 1. The number of para-hydroxylation sites is 1. The summed E-state index contributed by atoms with van der Waals surface area (Å²) in [6.45, 7) is 10.0. The van der Waals surface area contributed by atoms with Gasteiger partial charge in [-0.05, 0) is 77.0 Å². The summed E-state index contributed by atoms with van der Waals surface area (Å²) in [5.74, 6) is 0.0779. The summed E-state index contributed by atoms with van der Waals surface area (Å²) in [5, 5.41) is 4.82. The molecule has 1 saturated heterocycles. The Kier molecular flexibility index (Phi) is 7.95. The Balaban J connectivity index is 1.50. The minimum absolute atomic E-state index is 0.0779. The Morgan fingerprint density at radius 1 is 1.00 bits per heavy atom. The molecule has 1 aliphatic heterocycles. The third-order valence-electron chi connectivity index (χ3n) is 6.61. The van der Waals surface area contributed by atoms with Crippen LogP contribution in [0.2, 0.25) is 0 Å². The molecule has 1 aliphatic rings. The second-order valence-corrected chi connectivity index (χ2v) is 8.81. The molecule has 2 heterocycles. The Morgan fingerprint density at radius 2 is 1.73 bits per heavy atom. The van der Waals surface area contributed by atoms with E-state index in [1.165, 1.54) is 32.4 Å². The molecule has 0 saturated carbocycles. The smallest absolute Gasteiger partial charge is 0.253 e. The average molecular weight is 445 g/mol. The molecule has 5 heteroatoms. The van der Waals surface area contributed by atoms with Crippen LogP contribution in [0.1, 0.15) is 49.9 Å². The van der Waals surface area contributed by atoms with Gasteiger partial charge in [0.2, 0.25) is 0 Å². The largest absolute Gasteiger partial charge is 0.384 e. The van der Waals surface area contributed by atoms with Gasteiger partial charge in [-0.25, -0.2) is 4.98 Å². The van der Waals surface area contributed by atoms with Gasteiger partial charge in [-0.1, -0.05) is 36.8 Å². The van der Waals surface area contributed by atoms with E-state index >= 15 is 0 Å². The number of nitrogens with zero attached hydrogens (tertiary/aromatic N) is 3. The number of piperidine rings is 1. The fourth-order valence-electron chi connectivity index (χ4n) is 4.66. The van der Waals surface area contributed by atoms with Gasteiger partial charge >= 0.3 is 0 Å². The van der Waals surface area contributed by atoms with Gasteiger partial charge in [0.05, 0.1) is 11.2 Å². The van der Waals surface area contributed by atoms with Crippen molar-refractivity contribution < 1.29 is 4.79 Å². The summed E-state index contributed by atoms with van der Waals surface area (Å²) >= 11 is 0. The van der Waals surface area contributed by atoms with Crippen LogP contribution in [-0.2, 0) is 0 Å². The van der Waals surface area contributed by atoms with Gasteiger partial charge in [0.25, 0.3) is 5.91 Å². The lowest BCUT2D eigenvalue weighted by molar-refractivity contribution is 0.0773. The quantitative estimate of drug-likeness (QED) is 0.432. The molecule has 2 aromatic carbocycles. The molecule has 4 rings (SSSR count). The highest BCUT2D eigenvalue weighted by molar-refractivity contribution is 5.96. The van der Waals surface area contributed by atoms with Crippen molar-refractivity contribution in [3.63, 3.8) is 0 Å². The van der Waals surface area contributed by atoms with Crippen molar-refractivity contribution in [2.24, 2.45) is 0 Å². The van der Waals surface area contributed by atoms with E-state index in [0.29, 0.717) is 0 Å². The van der Waals surface area contributed by atoms with Crippen molar-refractivity contribution in [3.05, 3.63) is 60.2 Å². The molecular weight excluding hydrogens is 408 g/mol. The molecule has 1 amide bonds. The van der Waals surface area contributed by atoms with Crippen LogP contribution < -0.4 is 5.32 Å². The monoisotopic (exact) mass is 444 g/mol. The molecule has 0 spiro atoms. The van der Waals surface area contributed by atoms with Crippen LogP contribution >= 0.6 is 0 Å². The maximum atomic E-state index is 12.6. The number of rotatable bonds is 9. The van der Waals surface area contributed by atoms with Crippen LogP contribution in [0.4, 0.5) is 5.69 Å². The van der Waals surface area contributed by atoms with Crippen molar-refractivity contribution in [3.8, 4) is 11.3 Å². The average Bonchev–Trinajstić information content (AvgIpc) is 2.87. The van der Waals surface area contributed by atoms with E-state index in [1.54, 1.807) is 0 Å². The van der Waals surface area contributed by atoms with Crippen LogP contribution in [0.25, 0.3) is 22.2 Å². The molecule has 0 unspecified atom stereocenters. The molecule has 0 bridgehead atoms. The number of nitrogens with one attached hydrogen (secondary N) is 1. The lowest BCUT2D eigenvalue weighted by Gasteiger charge is -2.26. The number of amides is 1. The molecule has 33 heavy (non-hydrogen) atoms. The van der Waals surface area contributed by atoms with Gasteiger partial charge in [-0.15, -0.1) is 0 Å². The predicted octanol–water partition coefficient (Wildman–Crippen LogP) is 5.67. The Bertz CT molecular complexity index is 1050. The maximum absolute atomic E-state index is 12.6. The number of benzene rings is 2. The molecular formula is C28H36N4O. The summed E-state index contributed by atoms with van der Waals surface area (Å²) in [6.07, 6.45) is 5.19. The van der Waals surface area contributed by atoms with Crippen molar-refractivity contribution >= 4 is 22.5 Å². The molecule has 3 aromatic rings. The number of carbonyl (C=O) groups is 1. The maximum Gasteiger partial charge on any atom is 0.253 e. The Labute approximate surface area is 197 Å². The van der Waals surface area contributed by atoms with Crippen molar-refractivity contribution in [2.75, 3.05) is 44.6 Å².